The summed E-state index contributed by atoms with van der Waals surface area (Å²) in [6, 6.07) is 0. The molecule has 0 bridgehead atoms. The van der Waals surface area contributed by atoms with Crippen molar-refractivity contribution in [2.45, 2.75) is 33.1 Å². The van der Waals surface area contributed by atoms with Crippen LogP contribution in [0, 0.1) is 17.4 Å². The highest BCUT2D eigenvalue weighted by atomic mass is 15.4. The van der Waals surface area contributed by atoms with Gasteiger partial charge in [-0.15, -0.1) is 5.26 Å². The molecule has 0 N–H and O–H groups in total. The van der Waals surface area contributed by atoms with Crippen LogP contribution in [0.15, 0.2) is 0 Å². The van der Waals surface area contributed by atoms with Crippen molar-refractivity contribution in [2.75, 3.05) is 19.6 Å². The largest absolute Gasteiger partial charge is 0.308 e. The van der Waals surface area contributed by atoms with Gasteiger partial charge in [-0.05, 0) is 13.3 Å². The van der Waals surface area contributed by atoms with E-state index in [1.807, 2.05) is 0 Å². The summed E-state index contributed by atoms with van der Waals surface area (Å²) in [5.41, 5.74) is 0. The van der Waals surface area contributed by atoms with Crippen LogP contribution in [0.5, 0.6) is 0 Å². The Morgan fingerprint density at radius 2 is 2.25 bits per heavy atom. The Labute approximate surface area is 75.4 Å². The number of hydrogen-bond acceptors (Lipinski definition) is 1. The molecule has 1 rings (SSSR count). The lowest BCUT2D eigenvalue weighted by atomic mass is 10.0. The SMILES string of the molecule is CCCC1CC[N+](C#N)(CC)C1. The lowest BCUT2D eigenvalue weighted by molar-refractivity contribution is -0.852. The van der Waals surface area contributed by atoms with E-state index in [1.54, 1.807) is 0 Å². The minimum absolute atomic E-state index is 0.699. The standard InChI is InChI=1S/C10H19N2/c1-3-5-10-6-7-12(4-2,8-10)9-11/h10H,3-8H2,1-2H3/q+1. The number of likely N-dealkylation sites (tertiary alicyclic amines) is 1. The van der Waals surface area contributed by atoms with Gasteiger partial charge in [0.25, 0.3) is 0 Å². The predicted octanol–water partition coefficient (Wildman–Crippen LogP) is 2.12. The molecular formula is C10H19N2+. The Hall–Kier alpha value is -0.550. The quantitative estimate of drug-likeness (QED) is 0.466. The van der Waals surface area contributed by atoms with E-state index >= 15 is 0 Å². The van der Waals surface area contributed by atoms with Crippen molar-refractivity contribution < 1.29 is 4.48 Å². The molecule has 1 saturated heterocycles. The van der Waals surface area contributed by atoms with Gasteiger partial charge < -0.3 is 0 Å². The molecule has 1 aliphatic rings. The van der Waals surface area contributed by atoms with E-state index in [0.717, 1.165) is 25.6 Å². The molecule has 1 fully saturated rings. The molecule has 0 aliphatic carbocycles. The van der Waals surface area contributed by atoms with Crippen LogP contribution in [0.4, 0.5) is 0 Å². The maximum Gasteiger partial charge on any atom is 0.308 e. The third-order valence-electron chi connectivity index (χ3n) is 3.09. The molecule has 2 heteroatoms. The Kier molecular flexibility index (Phi) is 3.11. The number of rotatable bonds is 3. The zero-order valence-electron chi connectivity index (χ0n) is 8.21. The molecule has 2 unspecified atom stereocenters. The second kappa shape index (κ2) is 3.91. The van der Waals surface area contributed by atoms with Gasteiger partial charge in [-0.1, -0.05) is 13.3 Å². The summed E-state index contributed by atoms with van der Waals surface area (Å²) < 4.78 is 0.699. The molecule has 0 aromatic carbocycles. The molecular weight excluding hydrogens is 148 g/mol. The van der Waals surface area contributed by atoms with Gasteiger partial charge in [0.05, 0.1) is 19.6 Å². The first-order valence-corrected chi connectivity index (χ1v) is 5.03. The number of nitriles is 1. The summed E-state index contributed by atoms with van der Waals surface area (Å²) in [6.45, 7) is 7.51. The smallest absolute Gasteiger partial charge is 0.224 e. The minimum atomic E-state index is 0.699. The van der Waals surface area contributed by atoms with E-state index in [9.17, 15) is 0 Å². The van der Waals surface area contributed by atoms with Gasteiger partial charge in [-0.3, -0.25) is 0 Å². The molecule has 0 amide bonds. The van der Waals surface area contributed by atoms with Crippen molar-refractivity contribution in [3.05, 3.63) is 0 Å². The van der Waals surface area contributed by atoms with Gasteiger partial charge in [-0.25, -0.2) is 4.48 Å². The normalized spacial score (nSPS) is 34.9. The van der Waals surface area contributed by atoms with Crippen LogP contribution in [-0.2, 0) is 0 Å². The van der Waals surface area contributed by atoms with Crippen LogP contribution in [0.2, 0.25) is 0 Å². The molecule has 0 saturated carbocycles. The van der Waals surface area contributed by atoms with Crippen molar-refractivity contribution in [1.82, 2.24) is 0 Å². The topological polar surface area (TPSA) is 23.8 Å². The minimum Gasteiger partial charge on any atom is -0.224 e. The Morgan fingerprint density at radius 3 is 2.67 bits per heavy atom. The Bertz CT molecular complexity index is 183. The van der Waals surface area contributed by atoms with E-state index < -0.39 is 0 Å². The fraction of sp³-hybridized carbons (Fsp3) is 0.900. The highest BCUT2D eigenvalue weighted by Gasteiger charge is 2.36. The second-order valence-corrected chi connectivity index (χ2v) is 3.91. The molecule has 2 atom stereocenters. The lowest BCUT2D eigenvalue weighted by Gasteiger charge is -2.22. The maximum absolute atomic E-state index is 9.02. The third kappa shape index (κ3) is 1.78. The van der Waals surface area contributed by atoms with Crippen molar-refractivity contribution in [2.24, 2.45) is 5.92 Å². The highest BCUT2D eigenvalue weighted by Crippen LogP contribution is 2.26. The van der Waals surface area contributed by atoms with Gasteiger partial charge in [0.2, 0.25) is 0 Å². The number of nitrogens with zero attached hydrogens (tertiary/aromatic N) is 2. The first kappa shape index (κ1) is 9.54. The van der Waals surface area contributed by atoms with Crippen LogP contribution < -0.4 is 0 Å². The van der Waals surface area contributed by atoms with Crippen LogP contribution in [0.25, 0.3) is 0 Å². The Morgan fingerprint density at radius 1 is 1.50 bits per heavy atom. The summed E-state index contributed by atoms with van der Waals surface area (Å²) in [5.74, 6) is 0.814. The van der Waals surface area contributed by atoms with Crippen molar-refractivity contribution in [1.29, 1.82) is 5.26 Å². The predicted molar refractivity (Wildman–Crippen MR) is 49.2 cm³/mol. The zero-order chi connectivity index (χ0) is 9.03. The number of hydrogen-bond donors (Lipinski definition) is 0. The van der Waals surface area contributed by atoms with Gasteiger partial charge in [0.1, 0.15) is 0 Å². The zero-order valence-corrected chi connectivity index (χ0v) is 8.21. The summed E-state index contributed by atoms with van der Waals surface area (Å²) in [7, 11) is 0. The van der Waals surface area contributed by atoms with Crippen LogP contribution in [0.1, 0.15) is 33.1 Å². The molecule has 1 aliphatic heterocycles. The second-order valence-electron chi connectivity index (χ2n) is 3.91. The average molecular weight is 167 g/mol. The molecule has 0 radical (unpaired) electrons. The van der Waals surface area contributed by atoms with E-state index in [2.05, 4.69) is 20.0 Å². The first-order valence-electron chi connectivity index (χ1n) is 5.03. The highest BCUT2D eigenvalue weighted by molar-refractivity contribution is 4.71. The fourth-order valence-electron chi connectivity index (χ4n) is 2.20. The maximum atomic E-state index is 9.02. The van der Waals surface area contributed by atoms with Gasteiger partial charge in [0, 0.05) is 12.3 Å². The van der Waals surface area contributed by atoms with Gasteiger partial charge >= 0.3 is 6.19 Å². The molecule has 12 heavy (non-hydrogen) atoms. The van der Waals surface area contributed by atoms with Gasteiger partial charge in [0.15, 0.2) is 0 Å². The fourth-order valence-corrected chi connectivity index (χ4v) is 2.20. The van der Waals surface area contributed by atoms with Crippen LogP contribution >= 0.6 is 0 Å². The monoisotopic (exact) mass is 167 g/mol. The summed E-state index contributed by atoms with van der Waals surface area (Å²) in [4.78, 5) is 0. The van der Waals surface area contributed by atoms with E-state index in [-0.39, 0.29) is 0 Å². The van der Waals surface area contributed by atoms with E-state index in [0.29, 0.717) is 4.48 Å². The molecule has 1 heterocycles. The van der Waals surface area contributed by atoms with E-state index in [4.69, 9.17) is 5.26 Å². The van der Waals surface area contributed by atoms with Crippen LogP contribution in [0.3, 0.4) is 0 Å². The summed E-state index contributed by atoms with van der Waals surface area (Å²) >= 11 is 0. The average Bonchev–Trinajstić information content (AvgIpc) is 2.50. The molecule has 0 spiro atoms. The lowest BCUT2D eigenvalue weighted by Crippen LogP contribution is -2.40. The molecule has 0 aromatic rings. The summed E-state index contributed by atoms with van der Waals surface area (Å²) in [5, 5.41) is 9.02. The van der Waals surface area contributed by atoms with Crippen molar-refractivity contribution in [3.63, 3.8) is 0 Å². The first-order chi connectivity index (χ1) is 5.76. The third-order valence-corrected chi connectivity index (χ3v) is 3.09. The molecule has 68 valence electrons. The Balaban J connectivity index is 2.48. The van der Waals surface area contributed by atoms with Crippen molar-refractivity contribution in [3.8, 4) is 6.19 Å². The van der Waals surface area contributed by atoms with Crippen molar-refractivity contribution >= 4 is 0 Å². The number of quaternary nitrogens is 1. The summed E-state index contributed by atoms with van der Waals surface area (Å²) in [6.07, 6.45) is 6.28. The van der Waals surface area contributed by atoms with Gasteiger partial charge in [-0.2, -0.15) is 0 Å². The van der Waals surface area contributed by atoms with Crippen LogP contribution in [-0.4, -0.2) is 24.1 Å². The molecule has 0 aromatic heterocycles. The molecule has 2 nitrogen and oxygen atoms in total. The van der Waals surface area contributed by atoms with E-state index in [1.165, 1.54) is 19.3 Å².